The maximum absolute atomic E-state index is 3.55. The normalized spacial score (nSPS) is 23.7. The topological polar surface area (TPSA) is 27.3 Å². The zero-order valence-corrected chi connectivity index (χ0v) is 10.3. The first-order valence-electron chi connectivity index (χ1n) is 5.64. The van der Waals surface area contributed by atoms with Gasteiger partial charge in [0, 0.05) is 25.8 Å². The molecule has 1 fully saturated rings. The number of fused-ring (bicyclic) bond motifs is 1. The third-order valence-corrected chi connectivity index (χ3v) is 3.46. The zero-order chi connectivity index (χ0) is 11.0. The van der Waals surface area contributed by atoms with Crippen LogP contribution in [-0.4, -0.2) is 30.7 Å². The zero-order valence-electron chi connectivity index (χ0n) is 9.11. The van der Waals surface area contributed by atoms with Gasteiger partial charge in [0.2, 0.25) is 0 Å². The SMILES string of the molecule is Pc1cccc(C2=CN3CCNCC3N2)c1. The number of rotatable bonds is 1. The first-order valence-corrected chi connectivity index (χ1v) is 6.21. The average Bonchev–Trinajstić information content (AvgIpc) is 2.72. The lowest BCUT2D eigenvalue weighted by Crippen LogP contribution is -2.51. The predicted molar refractivity (Wildman–Crippen MR) is 70.3 cm³/mol. The first-order chi connectivity index (χ1) is 7.83. The largest absolute Gasteiger partial charge is 0.362 e. The highest BCUT2D eigenvalue weighted by Gasteiger charge is 2.26. The molecule has 4 heteroatoms. The summed E-state index contributed by atoms with van der Waals surface area (Å²) in [5.41, 5.74) is 2.50. The molecule has 0 bridgehead atoms. The van der Waals surface area contributed by atoms with Crippen LogP contribution < -0.4 is 15.9 Å². The quantitative estimate of drug-likeness (QED) is 0.684. The van der Waals surface area contributed by atoms with Gasteiger partial charge >= 0.3 is 0 Å². The van der Waals surface area contributed by atoms with Crippen LogP contribution in [0.3, 0.4) is 0 Å². The highest BCUT2D eigenvalue weighted by molar-refractivity contribution is 7.27. The minimum atomic E-state index is 0.428. The fourth-order valence-corrected chi connectivity index (χ4v) is 2.55. The van der Waals surface area contributed by atoms with Crippen LogP contribution >= 0.6 is 9.24 Å². The number of benzene rings is 1. The van der Waals surface area contributed by atoms with Gasteiger partial charge in [0.1, 0.15) is 6.17 Å². The third-order valence-electron chi connectivity index (χ3n) is 3.10. The van der Waals surface area contributed by atoms with Gasteiger partial charge in [-0.25, -0.2) is 0 Å². The molecule has 0 amide bonds. The van der Waals surface area contributed by atoms with Crippen LogP contribution in [0, 0.1) is 0 Å². The molecule has 0 saturated carbocycles. The number of hydrogen-bond acceptors (Lipinski definition) is 3. The smallest absolute Gasteiger partial charge is 0.111 e. The van der Waals surface area contributed by atoms with E-state index in [1.165, 1.54) is 16.6 Å². The molecular weight excluding hydrogens is 217 g/mol. The van der Waals surface area contributed by atoms with Crippen molar-refractivity contribution in [2.45, 2.75) is 6.17 Å². The fourth-order valence-electron chi connectivity index (χ4n) is 2.26. The van der Waals surface area contributed by atoms with Crippen molar-refractivity contribution in [3.63, 3.8) is 0 Å². The van der Waals surface area contributed by atoms with Gasteiger partial charge in [-0.15, -0.1) is 9.24 Å². The van der Waals surface area contributed by atoms with E-state index in [9.17, 15) is 0 Å². The molecule has 2 aliphatic heterocycles. The van der Waals surface area contributed by atoms with E-state index >= 15 is 0 Å². The molecule has 0 spiro atoms. The molecule has 2 unspecified atom stereocenters. The average molecular weight is 233 g/mol. The Balaban J connectivity index is 1.86. The third kappa shape index (κ3) is 1.81. The summed E-state index contributed by atoms with van der Waals surface area (Å²) in [6.07, 6.45) is 2.67. The molecule has 2 heterocycles. The van der Waals surface area contributed by atoms with Crippen molar-refractivity contribution in [1.82, 2.24) is 15.5 Å². The van der Waals surface area contributed by atoms with Crippen molar-refractivity contribution in [2.24, 2.45) is 0 Å². The van der Waals surface area contributed by atoms with E-state index in [2.05, 4.69) is 55.2 Å². The summed E-state index contributed by atoms with van der Waals surface area (Å²) < 4.78 is 0. The lowest BCUT2D eigenvalue weighted by Gasteiger charge is -2.30. The van der Waals surface area contributed by atoms with Crippen LogP contribution in [0.5, 0.6) is 0 Å². The Hall–Kier alpha value is -1.05. The Morgan fingerprint density at radius 3 is 3.12 bits per heavy atom. The standard InChI is InChI=1S/C12H16N3P/c16-10-3-1-2-9(6-10)11-8-15-5-4-13-7-12(15)14-11/h1-3,6,8,12-14H,4-5,7,16H2. The van der Waals surface area contributed by atoms with E-state index in [-0.39, 0.29) is 0 Å². The predicted octanol–water partition coefficient (Wildman–Crippen LogP) is 0.320. The van der Waals surface area contributed by atoms with E-state index < -0.39 is 0 Å². The van der Waals surface area contributed by atoms with Gasteiger partial charge in [-0.1, -0.05) is 18.2 Å². The minimum Gasteiger partial charge on any atom is -0.362 e. The van der Waals surface area contributed by atoms with E-state index in [0.717, 1.165) is 19.6 Å². The fraction of sp³-hybridized carbons (Fsp3) is 0.333. The Kier molecular flexibility index (Phi) is 2.58. The second-order valence-electron chi connectivity index (χ2n) is 4.27. The van der Waals surface area contributed by atoms with Gasteiger partial charge in [0.05, 0.1) is 5.70 Å². The number of nitrogens with zero attached hydrogens (tertiary/aromatic N) is 1. The molecule has 1 aromatic carbocycles. The van der Waals surface area contributed by atoms with E-state index in [0.29, 0.717) is 6.17 Å². The molecule has 0 aliphatic carbocycles. The molecule has 1 aromatic rings. The van der Waals surface area contributed by atoms with Crippen molar-refractivity contribution >= 4 is 20.2 Å². The molecule has 16 heavy (non-hydrogen) atoms. The summed E-state index contributed by atoms with van der Waals surface area (Å²) >= 11 is 0. The molecule has 0 radical (unpaired) electrons. The van der Waals surface area contributed by atoms with Crippen LogP contribution in [0.4, 0.5) is 0 Å². The van der Waals surface area contributed by atoms with Crippen LogP contribution in [0.2, 0.25) is 0 Å². The van der Waals surface area contributed by atoms with Crippen LogP contribution in [0.1, 0.15) is 5.56 Å². The number of piperazine rings is 1. The molecule has 2 N–H and O–H groups in total. The van der Waals surface area contributed by atoms with E-state index in [4.69, 9.17) is 0 Å². The van der Waals surface area contributed by atoms with Gasteiger partial charge in [0.25, 0.3) is 0 Å². The molecule has 3 rings (SSSR count). The molecule has 84 valence electrons. The van der Waals surface area contributed by atoms with Crippen LogP contribution in [0.25, 0.3) is 5.70 Å². The lowest BCUT2D eigenvalue weighted by atomic mass is 10.2. The number of hydrogen-bond donors (Lipinski definition) is 2. The van der Waals surface area contributed by atoms with E-state index in [1.54, 1.807) is 0 Å². The highest BCUT2D eigenvalue weighted by atomic mass is 31.0. The van der Waals surface area contributed by atoms with Gasteiger partial charge < -0.3 is 15.5 Å². The van der Waals surface area contributed by atoms with Crippen molar-refractivity contribution < 1.29 is 0 Å². The van der Waals surface area contributed by atoms with Gasteiger partial charge in [-0.05, 0) is 16.9 Å². The number of nitrogens with one attached hydrogen (secondary N) is 2. The van der Waals surface area contributed by atoms with Gasteiger partial charge in [0.15, 0.2) is 0 Å². The molecule has 0 aromatic heterocycles. The summed E-state index contributed by atoms with van der Waals surface area (Å²) in [6.45, 7) is 3.17. The van der Waals surface area contributed by atoms with Gasteiger partial charge in [-0.3, -0.25) is 0 Å². The maximum Gasteiger partial charge on any atom is 0.111 e. The summed E-state index contributed by atoms with van der Waals surface area (Å²) in [4.78, 5) is 2.38. The molecule has 1 saturated heterocycles. The Labute approximate surface area is 98.1 Å². The monoisotopic (exact) mass is 233 g/mol. The minimum absolute atomic E-state index is 0.428. The molecule has 2 atom stereocenters. The molecular formula is C12H16N3P. The maximum atomic E-state index is 3.55. The summed E-state index contributed by atoms with van der Waals surface area (Å²) in [7, 11) is 2.74. The van der Waals surface area contributed by atoms with Crippen molar-refractivity contribution in [3.05, 3.63) is 36.0 Å². The Morgan fingerprint density at radius 2 is 2.31 bits per heavy atom. The summed E-state index contributed by atoms with van der Waals surface area (Å²) in [6, 6.07) is 8.53. The molecule has 3 nitrogen and oxygen atoms in total. The lowest BCUT2D eigenvalue weighted by molar-refractivity contribution is 0.232. The van der Waals surface area contributed by atoms with Gasteiger partial charge in [-0.2, -0.15) is 0 Å². The summed E-state index contributed by atoms with van der Waals surface area (Å²) in [5, 5.41) is 8.17. The second-order valence-corrected chi connectivity index (χ2v) is 4.94. The van der Waals surface area contributed by atoms with E-state index in [1.807, 2.05) is 0 Å². The Morgan fingerprint density at radius 1 is 1.38 bits per heavy atom. The van der Waals surface area contributed by atoms with Crippen molar-refractivity contribution in [2.75, 3.05) is 19.6 Å². The molecule has 2 aliphatic rings. The van der Waals surface area contributed by atoms with Crippen molar-refractivity contribution in [1.29, 1.82) is 0 Å². The first kappa shape index (κ1) is 10.1. The van der Waals surface area contributed by atoms with Crippen LogP contribution in [0.15, 0.2) is 30.5 Å². The highest BCUT2D eigenvalue weighted by Crippen LogP contribution is 2.20. The van der Waals surface area contributed by atoms with Crippen molar-refractivity contribution in [3.8, 4) is 0 Å². The Bertz CT molecular complexity index is 430. The second kappa shape index (κ2) is 4.08. The summed E-state index contributed by atoms with van der Waals surface area (Å²) in [5.74, 6) is 0. The van der Waals surface area contributed by atoms with Crippen LogP contribution in [-0.2, 0) is 0 Å².